The first-order chi connectivity index (χ1) is 12.5. The molecule has 0 spiro atoms. The predicted molar refractivity (Wildman–Crippen MR) is 94.8 cm³/mol. The molecule has 0 aliphatic heterocycles. The van der Waals surface area contributed by atoms with Crippen molar-refractivity contribution in [2.24, 2.45) is 0 Å². The van der Waals surface area contributed by atoms with Crippen LogP contribution < -0.4 is 5.32 Å². The van der Waals surface area contributed by atoms with Gasteiger partial charge in [-0.2, -0.15) is 0 Å². The lowest BCUT2D eigenvalue weighted by Crippen LogP contribution is -2.44. The highest BCUT2D eigenvalue weighted by molar-refractivity contribution is 5.95. The molecule has 0 unspecified atom stereocenters. The van der Waals surface area contributed by atoms with Crippen LogP contribution in [0.2, 0.25) is 0 Å². The lowest BCUT2D eigenvalue weighted by Gasteiger charge is -2.35. The topological polar surface area (TPSA) is 102 Å². The molecule has 1 amide bonds. The highest BCUT2D eigenvalue weighted by Crippen LogP contribution is 2.36. The van der Waals surface area contributed by atoms with Crippen molar-refractivity contribution in [3.05, 3.63) is 40.7 Å². The Morgan fingerprint density at radius 3 is 2.77 bits per heavy atom. The minimum absolute atomic E-state index is 0.0876. The summed E-state index contributed by atoms with van der Waals surface area (Å²) in [5, 5.41) is 20.8. The maximum absolute atomic E-state index is 12.4. The molecule has 0 aromatic carbocycles. The molecule has 1 fully saturated rings. The number of methoxy groups -OCH3 is 1. The summed E-state index contributed by atoms with van der Waals surface area (Å²) in [5.41, 5.74) is 2.26. The number of carbonyl (C=O) groups is 1. The summed E-state index contributed by atoms with van der Waals surface area (Å²) >= 11 is 0. The SMILES string of the molecule is COCCn1c(CO)nnc1C1CC(NC(=O)c2ccc(C)nc2C)C1. The van der Waals surface area contributed by atoms with Crippen molar-refractivity contribution in [1.29, 1.82) is 0 Å². The number of carbonyl (C=O) groups excluding carboxylic acids is 1. The van der Waals surface area contributed by atoms with Crippen molar-refractivity contribution in [2.75, 3.05) is 13.7 Å². The van der Waals surface area contributed by atoms with Gasteiger partial charge in [0.15, 0.2) is 5.82 Å². The molecule has 26 heavy (non-hydrogen) atoms. The largest absolute Gasteiger partial charge is 0.388 e. The first kappa shape index (κ1) is 18.5. The van der Waals surface area contributed by atoms with Gasteiger partial charge >= 0.3 is 0 Å². The van der Waals surface area contributed by atoms with Crippen LogP contribution in [0.15, 0.2) is 12.1 Å². The molecule has 0 radical (unpaired) electrons. The van der Waals surface area contributed by atoms with E-state index < -0.39 is 0 Å². The normalized spacial score (nSPS) is 19.2. The number of nitrogens with zero attached hydrogens (tertiary/aromatic N) is 4. The van der Waals surface area contributed by atoms with Gasteiger partial charge in [-0.05, 0) is 38.8 Å². The molecule has 0 atom stereocenters. The number of aromatic nitrogens is 4. The number of aliphatic hydroxyl groups excluding tert-OH is 1. The Morgan fingerprint density at radius 1 is 1.35 bits per heavy atom. The lowest BCUT2D eigenvalue weighted by atomic mass is 9.79. The fourth-order valence-corrected chi connectivity index (χ4v) is 3.33. The predicted octanol–water partition coefficient (Wildman–Crippen LogP) is 1.10. The van der Waals surface area contributed by atoms with E-state index in [2.05, 4.69) is 20.5 Å². The molecule has 1 aliphatic rings. The summed E-state index contributed by atoms with van der Waals surface area (Å²) in [5.74, 6) is 1.54. The molecule has 8 heteroatoms. The third kappa shape index (κ3) is 3.76. The number of ether oxygens (including phenoxy) is 1. The van der Waals surface area contributed by atoms with Crippen molar-refractivity contribution in [3.63, 3.8) is 0 Å². The summed E-state index contributed by atoms with van der Waals surface area (Å²) in [4.78, 5) is 16.8. The van der Waals surface area contributed by atoms with Gasteiger partial charge in [-0.25, -0.2) is 0 Å². The average molecular weight is 359 g/mol. The number of rotatable bonds is 7. The van der Waals surface area contributed by atoms with Crippen molar-refractivity contribution < 1.29 is 14.6 Å². The van der Waals surface area contributed by atoms with E-state index in [0.29, 0.717) is 24.5 Å². The van der Waals surface area contributed by atoms with Gasteiger partial charge in [0.2, 0.25) is 0 Å². The second-order valence-corrected chi connectivity index (χ2v) is 6.70. The van der Waals surface area contributed by atoms with Crippen LogP contribution in [0.3, 0.4) is 0 Å². The number of hydrogen-bond acceptors (Lipinski definition) is 6. The van der Waals surface area contributed by atoms with E-state index in [0.717, 1.165) is 30.1 Å². The third-order valence-corrected chi connectivity index (χ3v) is 4.82. The van der Waals surface area contributed by atoms with Crippen LogP contribution in [-0.2, 0) is 17.9 Å². The van der Waals surface area contributed by atoms with Crippen LogP contribution >= 0.6 is 0 Å². The highest BCUT2D eigenvalue weighted by atomic mass is 16.5. The van der Waals surface area contributed by atoms with Gasteiger partial charge < -0.3 is 19.7 Å². The van der Waals surface area contributed by atoms with Crippen LogP contribution in [0.5, 0.6) is 0 Å². The summed E-state index contributed by atoms with van der Waals surface area (Å²) in [6, 6.07) is 3.77. The number of pyridine rings is 1. The smallest absolute Gasteiger partial charge is 0.253 e. The zero-order chi connectivity index (χ0) is 18.7. The minimum atomic E-state index is -0.150. The maximum Gasteiger partial charge on any atom is 0.253 e. The van der Waals surface area contributed by atoms with Crippen molar-refractivity contribution in [1.82, 2.24) is 25.1 Å². The molecule has 1 aliphatic carbocycles. The maximum atomic E-state index is 12.4. The van der Waals surface area contributed by atoms with Crippen LogP contribution in [0.4, 0.5) is 0 Å². The Kier molecular flexibility index (Phi) is 5.63. The molecule has 2 N–H and O–H groups in total. The quantitative estimate of drug-likeness (QED) is 0.768. The van der Waals surface area contributed by atoms with Crippen LogP contribution in [-0.4, -0.2) is 50.5 Å². The second-order valence-electron chi connectivity index (χ2n) is 6.70. The second kappa shape index (κ2) is 7.92. The van der Waals surface area contributed by atoms with Gasteiger partial charge in [0.1, 0.15) is 12.4 Å². The number of aryl methyl sites for hydroxylation is 2. The van der Waals surface area contributed by atoms with Gasteiger partial charge in [-0.3, -0.25) is 9.78 Å². The third-order valence-electron chi connectivity index (χ3n) is 4.82. The molecule has 0 saturated heterocycles. The van der Waals surface area contributed by atoms with E-state index in [1.807, 2.05) is 30.5 Å². The van der Waals surface area contributed by atoms with Crippen LogP contribution in [0.1, 0.15) is 52.2 Å². The summed E-state index contributed by atoms with van der Waals surface area (Å²) < 4.78 is 7.04. The van der Waals surface area contributed by atoms with E-state index in [9.17, 15) is 9.90 Å². The fourth-order valence-electron chi connectivity index (χ4n) is 3.33. The van der Waals surface area contributed by atoms with E-state index in [-0.39, 0.29) is 24.5 Å². The van der Waals surface area contributed by atoms with Crippen molar-refractivity contribution in [3.8, 4) is 0 Å². The summed E-state index contributed by atoms with van der Waals surface area (Å²) in [6.45, 7) is 4.75. The van der Waals surface area contributed by atoms with Crippen molar-refractivity contribution in [2.45, 2.75) is 51.8 Å². The van der Waals surface area contributed by atoms with Gasteiger partial charge in [0.25, 0.3) is 5.91 Å². The minimum Gasteiger partial charge on any atom is -0.388 e. The first-order valence-electron chi connectivity index (χ1n) is 8.80. The lowest BCUT2D eigenvalue weighted by molar-refractivity contribution is 0.0905. The molecule has 140 valence electrons. The van der Waals surface area contributed by atoms with Crippen LogP contribution in [0, 0.1) is 13.8 Å². The zero-order valence-corrected chi connectivity index (χ0v) is 15.4. The average Bonchev–Trinajstić information content (AvgIpc) is 2.97. The highest BCUT2D eigenvalue weighted by Gasteiger charge is 2.35. The Hall–Kier alpha value is -2.32. The fraction of sp³-hybridized carbons (Fsp3) is 0.556. The standard InChI is InChI=1S/C18H25N5O3/c1-11-4-5-15(12(2)19-11)18(25)20-14-8-13(9-14)17-22-21-16(10-24)23(17)6-7-26-3/h4-5,13-14,24H,6-10H2,1-3H3,(H,20,25). The Balaban J connectivity index is 1.60. The molecule has 2 heterocycles. The molecule has 2 aromatic rings. The number of amides is 1. The molecule has 3 rings (SSSR count). The first-order valence-corrected chi connectivity index (χ1v) is 8.80. The molecule has 0 bridgehead atoms. The molecular weight excluding hydrogens is 334 g/mol. The van der Waals surface area contributed by atoms with Gasteiger partial charge in [-0.1, -0.05) is 0 Å². The van der Waals surface area contributed by atoms with Crippen LogP contribution in [0.25, 0.3) is 0 Å². The number of aliphatic hydroxyl groups is 1. The molecule has 8 nitrogen and oxygen atoms in total. The van der Waals surface area contributed by atoms with E-state index >= 15 is 0 Å². The molecular formula is C18H25N5O3. The Bertz CT molecular complexity index is 783. The summed E-state index contributed by atoms with van der Waals surface area (Å²) in [7, 11) is 1.64. The van der Waals surface area contributed by atoms with E-state index in [1.165, 1.54) is 0 Å². The zero-order valence-electron chi connectivity index (χ0n) is 15.4. The molecule has 1 saturated carbocycles. The van der Waals surface area contributed by atoms with Gasteiger partial charge in [0, 0.05) is 31.3 Å². The Morgan fingerprint density at radius 2 is 2.12 bits per heavy atom. The summed E-state index contributed by atoms with van der Waals surface area (Å²) in [6.07, 6.45) is 1.61. The number of hydrogen-bond donors (Lipinski definition) is 2. The van der Waals surface area contributed by atoms with E-state index in [4.69, 9.17) is 4.74 Å². The van der Waals surface area contributed by atoms with Gasteiger partial charge in [-0.15, -0.1) is 10.2 Å². The molecule has 2 aromatic heterocycles. The monoisotopic (exact) mass is 359 g/mol. The van der Waals surface area contributed by atoms with Crippen molar-refractivity contribution >= 4 is 5.91 Å². The Labute approximate surface area is 152 Å². The van der Waals surface area contributed by atoms with E-state index in [1.54, 1.807) is 7.11 Å². The van der Waals surface area contributed by atoms with Gasteiger partial charge in [0.05, 0.1) is 17.9 Å². The number of nitrogens with one attached hydrogen (secondary N) is 1.